The molecule has 0 fully saturated rings. The van der Waals surface area contributed by atoms with E-state index in [1.54, 1.807) is 19.2 Å². The van der Waals surface area contributed by atoms with E-state index < -0.39 is 5.41 Å². The van der Waals surface area contributed by atoms with E-state index >= 15 is 0 Å². The van der Waals surface area contributed by atoms with Gasteiger partial charge in [0, 0.05) is 25.8 Å². The first kappa shape index (κ1) is 14.4. The van der Waals surface area contributed by atoms with Crippen molar-refractivity contribution in [3.8, 4) is 5.75 Å². The Morgan fingerprint density at radius 1 is 1.44 bits per heavy atom. The zero-order chi connectivity index (χ0) is 13.8. The van der Waals surface area contributed by atoms with Crippen LogP contribution in [0.4, 0.5) is 0 Å². The maximum absolute atomic E-state index is 11.6. The van der Waals surface area contributed by atoms with Crippen LogP contribution in [0.25, 0.3) is 0 Å². The van der Waals surface area contributed by atoms with Crippen molar-refractivity contribution in [3.05, 3.63) is 23.5 Å². The van der Waals surface area contributed by atoms with Gasteiger partial charge in [0.25, 0.3) is 0 Å². The highest BCUT2D eigenvalue weighted by molar-refractivity contribution is 5.81. The zero-order valence-corrected chi connectivity index (χ0v) is 11.4. The van der Waals surface area contributed by atoms with E-state index in [4.69, 9.17) is 0 Å². The Bertz CT molecular complexity index is 430. The van der Waals surface area contributed by atoms with E-state index in [1.807, 2.05) is 20.8 Å². The van der Waals surface area contributed by atoms with Crippen molar-refractivity contribution in [2.24, 2.45) is 5.41 Å². The van der Waals surface area contributed by atoms with E-state index in [1.165, 1.54) is 0 Å². The number of nitrogens with zero attached hydrogens (tertiary/aromatic N) is 1. The Morgan fingerprint density at radius 3 is 2.72 bits per heavy atom. The van der Waals surface area contributed by atoms with Gasteiger partial charge in [0.05, 0.1) is 11.1 Å². The molecule has 0 atom stereocenters. The molecule has 1 aromatic heterocycles. The number of aryl methyl sites for hydroxylation is 1. The third-order valence-corrected chi connectivity index (χ3v) is 2.79. The van der Waals surface area contributed by atoms with Gasteiger partial charge in [0.2, 0.25) is 5.91 Å². The van der Waals surface area contributed by atoms with Crippen molar-refractivity contribution >= 4 is 5.91 Å². The van der Waals surface area contributed by atoms with Gasteiger partial charge in [0.1, 0.15) is 5.75 Å². The van der Waals surface area contributed by atoms with Gasteiger partial charge in [-0.1, -0.05) is 0 Å². The summed E-state index contributed by atoms with van der Waals surface area (Å²) in [6.07, 6.45) is 0. The quantitative estimate of drug-likeness (QED) is 0.728. The largest absolute Gasteiger partial charge is 0.506 e. The Kier molecular flexibility index (Phi) is 4.67. The normalized spacial score (nSPS) is 11.3. The average Bonchev–Trinajstić information content (AvgIpc) is 2.32. The Hall–Kier alpha value is -1.62. The van der Waals surface area contributed by atoms with Crippen molar-refractivity contribution in [2.75, 3.05) is 13.6 Å². The molecule has 0 aromatic carbocycles. The summed E-state index contributed by atoms with van der Waals surface area (Å²) in [7, 11) is 1.62. The zero-order valence-electron chi connectivity index (χ0n) is 11.4. The predicted octanol–water partition coefficient (Wildman–Crippen LogP) is 0.957. The van der Waals surface area contributed by atoms with E-state index in [0.717, 1.165) is 5.69 Å². The molecule has 100 valence electrons. The molecule has 0 saturated heterocycles. The van der Waals surface area contributed by atoms with Crippen LogP contribution in [0.2, 0.25) is 0 Å². The topological polar surface area (TPSA) is 74.2 Å². The summed E-state index contributed by atoms with van der Waals surface area (Å²) in [6, 6.07) is 3.39. The number of aromatic nitrogens is 1. The van der Waals surface area contributed by atoms with E-state index in [0.29, 0.717) is 18.8 Å². The second-order valence-corrected chi connectivity index (χ2v) is 4.99. The Labute approximate surface area is 108 Å². The first-order chi connectivity index (χ1) is 8.36. The lowest BCUT2D eigenvalue weighted by molar-refractivity contribution is -0.128. The molecule has 1 amide bonds. The van der Waals surface area contributed by atoms with Gasteiger partial charge in [0.15, 0.2) is 0 Å². The lowest BCUT2D eigenvalue weighted by Gasteiger charge is -2.22. The summed E-state index contributed by atoms with van der Waals surface area (Å²) in [5, 5.41) is 15.4. The van der Waals surface area contributed by atoms with Crippen LogP contribution in [0.3, 0.4) is 0 Å². The van der Waals surface area contributed by atoms with Crippen LogP contribution in [-0.2, 0) is 11.3 Å². The molecule has 0 radical (unpaired) electrons. The fourth-order valence-electron chi connectivity index (χ4n) is 1.65. The van der Waals surface area contributed by atoms with Gasteiger partial charge < -0.3 is 15.7 Å². The van der Waals surface area contributed by atoms with Crippen molar-refractivity contribution in [1.82, 2.24) is 15.6 Å². The highest BCUT2D eigenvalue weighted by Gasteiger charge is 2.25. The first-order valence-corrected chi connectivity index (χ1v) is 5.95. The van der Waals surface area contributed by atoms with E-state index in [2.05, 4.69) is 15.6 Å². The Morgan fingerprint density at radius 2 is 2.11 bits per heavy atom. The summed E-state index contributed by atoms with van der Waals surface area (Å²) in [6.45, 7) is 6.55. The van der Waals surface area contributed by atoms with Crippen LogP contribution in [0.5, 0.6) is 5.75 Å². The fraction of sp³-hybridized carbons (Fsp3) is 0.538. The van der Waals surface area contributed by atoms with Crippen molar-refractivity contribution in [2.45, 2.75) is 27.3 Å². The van der Waals surface area contributed by atoms with Gasteiger partial charge in [-0.3, -0.25) is 9.78 Å². The number of aromatic hydroxyl groups is 1. The van der Waals surface area contributed by atoms with Crippen molar-refractivity contribution in [1.29, 1.82) is 0 Å². The summed E-state index contributed by atoms with van der Waals surface area (Å²) in [4.78, 5) is 15.8. The molecular formula is C13H21N3O2. The third kappa shape index (κ3) is 3.70. The lowest BCUT2D eigenvalue weighted by atomic mass is 9.92. The molecule has 0 aliphatic heterocycles. The lowest BCUT2D eigenvalue weighted by Crippen LogP contribution is -2.41. The maximum Gasteiger partial charge on any atom is 0.226 e. The molecule has 3 N–H and O–H groups in total. The molecule has 1 aromatic rings. The predicted molar refractivity (Wildman–Crippen MR) is 70.2 cm³/mol. The molecule has 0 unspecified atom stereocenters. The van der Waals surface area contributed by atoms with Crippen LogP contribution in [-0.4, -0.2) is 29.6 Å². The van der Waals surface area contributed by atoms with E-state index in [9.17, 15) is 9.90 Å². The van der Waals surface area contributed by atoms with Gasteiger partial charge in [-0.25, -0.2) is 0 Å². The molecule has 1 rings (SSSR count). The van der Waals surface area contributed by atoms with Crippen LogP contribution in [0.15, 0.2) is 12.1 Å². The van der Waals surface area contributed by atoms with E-state index in [-0.39, 0.29) is 11.7 Å². The number of pyridine rings is 1. The minimum absolute atomic E-state index is 0.0172. The molecule has 1 heterocycles. The number of rotatable bonds is 5. The molecule has 0 aliphatic carbocycles. The minimum Gasteiger partial charge on any atom is -0.506 e. The second kappa shape index (κ2) is 5.82. The van der Waals surface area contributed by atoms with Crippen molar-refractivity contribution in [3.63, 3.8) is 0 Å². The fourth-order valence-corrected chi connectivity index (χ4v) is 1.65. The molecule has 5 heteroatoms. The van der Waals surface area contributed by atoms with Crippen LogP contribution < -0.4 is 10.6 Å². The SMILES string of the molecule is CNC(=O)C(C)(C)CNCc1nc(C)ccc1O. The molecule has 18 heavy (non-hydrogen) atoms. The summed E-state index contributed by atoms with van der Waals surface area (Å²) < 4.78 is 0. The van der Waals surface area contributed by atoms with Crippen LogP contribution >= 0.6 is 0 Å². The molecule has 0 aliphatic rings. The first-order valence-electron chi connectivity index (χ1n) is 5.95. The molecule has 0 spiro atoms. The summed E-state index contributed by atoms with van der Waals surface area (Å²) >= 11 is 0. The van der Waals surface area contributed by atoms with Gasteiger partial charge >= 0.3 is 0 Å². The third-order valence-electron chi connectivity index (χ3n) is 2.79. The van der Waals surface area contributed by atoms with Gasteiger partial charge in [-0.2, -0.15) is 0 Å². The molecule has 0 saturated carbocycles. The Balaban J connectivity index is 2.56. The smallest absolute Gasteiger partial charge is 0.226 e. The highest BCUT2D eigenvalue weighted by atomic mass is 16.3. The van der Waals surface area contributed by atoms with Crippen molar-refractivity contribution < 1.29 is 9.90 Å². The van der Waals surface area contributed by atoms with Gasteiger partial charge in [-0.15, -0.1) is 0 Å². The average molecular weight is 251 g/mol. The number of nitrogens with one attached hydrogen (secondary N) is 2. The summed E-state index contributed by atoms with van der Waals surface area (Å²) in [5.41, 5.74) is 0.964. The highest BCUT2D eigenvalue weighted by Crippen LogP contribution is 2.16. The molecule has 0 bridgehead atoms. The second-order valence-electron chi connectivity index (χ2n) is 4.99. The number of carbonyl (C=O) groups is 1. The number of hydrogen-bond donors (Lipinski definition) is 3. The molecule has 5 nitrogen and oxygen atoms in total. The number of carbonyl (C=O) groups excluding carboxylic acids is 1. The van der Waals surface area contributed by atoms with Crippen LogP contribution in [0, 0.1) is 12.3 Å². The van der Waals surface area contributed by atoms with Gasteiger partial charge in [-0.05, 0) is 32.9 Å². The molecular weight excluding hydrogens is 230 g/mol. The number of hydrogen-bond acceptors (Lipinski definition) is 4. The number of amides is 1. The monoisotopic (exact) mass is 251 g/mol. The maximum atomic E-state index is 11.6. The summed E-state index contributed by atoms with van der Waals surface area (Å²) in [5.74, 6) is 0.155. The minimum atomic E-state index is -0.492. The standard InChI is InChI=1S/C13H21N3O2/c1-9-5-6-11(17)10(16-9)7-15-8-13(2,3)12(18)14-4/h5-6,15,17H,7-8H2,1-4H3,(H,14,18). The van der Waals surface area contributed by atoms with Crippen LogP contribution in [0.1, 0.15) is 25.2 Å².